The third-order valence-corrected chi connectivity index (χ3v) is 1.70. The number of nitrogens with one attached hydrogen (secondary N) is 1. The minimum Gasteiger partial charge on any atom is -0.314 e. The Balaban J connectivity index is 2.18. The SMILES string of the molecule is CCN[C@H](C)[C]1[CH][CH][CH][CH]1. The maximum atomic E-state index is 3.35. The van der Waals surface area contributed by atoms with Gasteiger partial charge >= 0.3 is 0 Å². The molecule has 0 aliphatic heterocycles. The average Bonchev–Trinajstić information content (AvgIpc) is 2.38. The van der Waals surface area contributed by atoms with Gasteiger partial charge in [0, 0.05) is 6.04 Å². The molecule has 1 saturated carbocycles. The molecule has 0 unspecified atom stereocenters. The van der Waals surface area contributed by atoms with Crippen LogP contribution in [0.25, 0.3) is 0 Å². The van der Waals surface area contributed by atoms with Crippen LogP contribution in [0.15, 0.2) is 0 Å². The van der Waals surface area contributed by atoms with Crippen LogP contribution in [0.2, 0.25) is 0 Å². The quantitative estimate of drug-likeness (QED) is 0.618. The molecule has 1 aliphatic carbocycles. The first-order valence-electron chi connectivity index (χ1n) is 3.79. The van der Waals surface area contributed by atoms with Gasteiger partial charge in [0.2, 0.25) is 0 Å². The molecular formula is C9H14N. The molecule has 0 amide bonds. The summed E-state index contributed by atoms with van der Waals surface area (Å²) in [6, 6.07) is 0.500. The monoisotopic (exact) mass is 136 g/mol. The lowest BCUT2D eigenvalue weighted by Gasteiger charge is -2.17. The Morgan fingerprint density at radius 3 is 2.50 bits per heavy atom. The maximum Gasteiger partial charge on any atom is 0.0107 e. The molecule has 1 rings (SSSR count). The summed E-state index contributed by atoms with van der Waals surface area (Å²) in [6.45, 7) is 5.34. The third kappa shape index (κ3) is 1.98. The normalized spacial score (nSPS) is 23.4. The fourth-order valence-electron chi connectivity index (χ4n) is 1.10. The molecule has 5 radical (unpaired) electrons. The van der Waals surface area contributed by atoms with E-state index in [-0.39, 0.29) is 0 Å². The van der Waals surface area contributed by atoms with Crippen LogP contribution in [-0.2, 0) is 0 Å². The van der Waals surface area contributed by atoms with E-state index in [1.807, 2.05) is 0 Å². The second-order valence-electron chi connectivity index (χ2n) is 2.50. The van der Waals surface area contributed by atoms with Crippen molar-refractivity contribution in [1.82, 2.24) is 5.32 Å². The van der Waals surface area contributed by atoms with E-state index in [1.165, 1.54) is 5.92 Å². The van der Waals surface area contributed by atoms with Crippen LogP contribution in [-0.4, -0.2) is 12.6 Å². The van der Waals surface area contributed by atoms with Crippen LogP contribution in [0, 0.1) is 31.6 Å². The van der Waals surface area contributed by atoms with Crippen LogP contribution in [0.1, 0.15) is 13.8 Å². The van der Waals surface area contributed by atoms with Gasteiger partial charge < -0.3 is 5.32 Å². The molecule has 1 fully saturated rings. The van der Waals surface area contributed by atoms with Gasteiger partial charge in [-0.25, -0.2) is 0 Å². The van der Waals surface area contributed by atoms with Crippen molar-refractivity contribution >= 4 is 0 Å². The Bertz CT molecular complexity index is 84.7. The third-order valence-electron chi connectivity index (χ3n) is 1.70. The summed E-state index contributed by atoms with van der Waals surface area (Å²) in [7, 11) is 0. The molecule has 55 valence electrons. The van der Waals surface area contributed by atoms with Crippen molar-refractivity contribution in [3.63, 3.8) is 0 Å². The van der Waals surface area contributed by atoms with Gasteiger partial charge in [0.25, 0.3) is 0 Å². The lowest BCUT2D eigenvalue weighted by atomic mass is 10.00. The Morgan fingerprint density at radius 2 is 2.00 bits per heavy atom. The second-order valence-corrected chi connectivity index (χ2v) is 2.50. The highest BCUT2D eigenvalue weighted by molar-refractivity contribution is 5.38. The minimum absolute atomic E-state index is 0.500. The molecule has 1 aliphatic rings. The summed E-state index contributed by atoms with van der Waals surface area (Å²) < 4.78 is 0. The zero-order valence-electron chi connectivity index (χ0n) is 6.59. The molecule has 0 spiro atoms. The number of hydrogen-bond donors (Lipinski definition) is 1. The fourth-order valence-corrected chi connectivity index (χ4v) is 1.10. The highest BCUT2D eigenvalue weighted by Crippen LogP contribution is 2.25. The molecule has 1 nitrogen and oxygen atoms in total. The van der Waals surface area contributed by atoms with Gasteiger partial charge in [-0.05, 0) is 45.1 Å². The van der Waals surface area contributed by atoms with E-state index in [4.69, 9.17) is 0 Å². The van der Waals surface area contributed by atoms with Crippen molar-refractivity contribution < 1.29 is 0 Å². The Morgan fingerprint density at radius 1 is 1.40 bits per heavy atom. The molecule has 0 aromatic carbocycles. The highest BCUT2D eigenvalue weighted by Gasteiger charge is 2.21. The summed E-state index contributed by atoms with van der Waals surface area (Å²) in [5, 5.41) is 3.35. The van der Waals surface area contributed by atoms with Crippen molar-refractivity contribution in [3.8, 4) is 0 Å². The predicted octanol–water partition coefficient (Wildman–Crippen LogP) is 1.39. The fraction of sp³-hybridized carbons (Fsp3) is 0.444. The molecule has 0 aromatic heterocycles. The van der Waals surface area contributed by atoms with E-state index >= 15 is 0 Å². The van der Waals surface area contributed by atoms with Gasteiger partial charge in [-0.2, -0.15) is 0 Å². The summed E-state index contributed by atoms with van der Waals surface area (Å²) in [6.07, 6.45) is 8.44. The molecule has 0 aromatic rings. The van der Waals surface area contributed by atoms with Gasteiger partial charge in [-0.3, -0.25) is 0 Å². The topological polar surface area (TPSA) is 12.0 Å². The molecule has 1 N–H and O–H groups in total. The summed E-state index contributed by atoms with van der Waals surface area (Å²) >= 11 is 0. The minimum atomic E-state index is 0.500. The number of hydrogen-bond acceptors (Lipinski definition) is 1. The highest BCUT2D eigenvalue weighted by atomic mass is 14.9. The standard InChI is InChI=1S/C9H14N/c1-3-10-8(2)9-6-4-5-7-9/h4-8,10H,3H2,1-2H3/t8-/m1/s1. The molecule has 1 heteroatoms. The summed E-state index contributed by atoms with van der Waals surface area (Å²) in [5.41, 5.74) is 0. The van der Waals surface area contributed by atoms with Crippen molar-refractivity contribution in [2.75, 3.05) is 6.54 Å². The van der Waals surface area contributed by atoms with Crippen molar-refractivity contribution in [3.05, 3.63) is 31.6 Å². The second kappa shape index (κ2) is 3.97. The van der Waals surface area contributed by atoms with Crippen molar-refractivity contribution in [2.24, 2.45) is 0 Å². The lowest BCUT2D eigenvalue weighted by Crippen LogP contribution is -2.30. The van der Waals surface area contributed by atoms with E-state index in [0.717, 1.165) is 6.54 Å². The van der Waals surface area contributed by atoms with E-state index in [1.54, 1.807) is 0 Å². The molecule has 1 atom stereocenters. The van der Waals surface area contributed by atoms with E-state index in [0.29, 0.717) is 6.04 Å². The van der Waals surface area contributed by atoms with Crippen LogP contribution in [0.5, 0.6) is 0 Å². The van der Waals surface area contributed by atoms with Crippen LogP contribution < -0.4 is 5.32 Å². The predicted molar refractivity (Wildman–Crippen MR) is 43.6 cm³/mol. The Kier molecular flexibility index (Phi) is 3.20. The van der Waals surface area contributed by atoms with Crippen molar-refractivity contribution in [1.29, 1.82) is 0 Å². The molecular weight excluding hydrogens is 122 g/mol. The number of rotatable bonds is 3. The molecule has 0 saturated heterocycles. The molecule has 10 heavy (non-hydrogen) atoms. The van der Waals surface area contributed by atoms with Crippen LogP contribution in [0.4, 0.5) is 0 Å². The average molecular weight is 136 g/mol. The Labute approximate surface area is 64.2 Å². The first-order valence-corrected chi connectivity index (χ1v) is 3.79. The summed E-state index contributed by atoms with van der Waals surface area (Å²) in [5.74, 6) is 1.38. The lowest BCUT2D eigenvalue weighted by molar-refractivity contribution is 0.603. The van der Waals surface area contributed by atoms with E-state index in [9.17, 15) is 0 Å². The van der Waals surface area contributed by atoms with Crippen LogP contribution in [0.3, 0.4) is 0 Å². The van der Waals surface area contributed by atoms with Gasteiger partial charge in [0.1, 0.15) is 0 Å². The van der Waals surface area contributed by atoms with Gasteiger partial charge in [0.05, 0.1) is 0 Å². The first-order chi connectivity index (χ1) is 4.84. The smallest absolute Gasteiger partial charge is 0.0107 e. The van der Waals surface area contributed by atoms with E-state index < -0.39 is 0 Å². The van der Waals surface area contributed by atoms with Gasteiger partial charge in [0.15, 0.2) is 0 Å². The summed E-state index contributed by atoms with van der Waals surface area (Å²) in [4.78, 5) is 0. The van der Waals surface area contributed by atoms with Gasteiger partial charge in [-0.1, -0.05) is 6.92 Å². The van der Waals surface area contributed by atoms with Gasteiger partial charge in [-0.15, -0.1) is 0 Å². The maximum absolute atomic E-state index is 3.35. The molecule has 0 bridgehead atoms. The molecule has 0 heterocycles. The zero-order valence-corrected chi connectivity index (χ0v) is 6.59. The first kappa shape index (κ1) is 8.06. The van der Waals surface area contributed by atoms with E-state index in [2.05, 4.69) is 44.8 Å². The van der Waals surface area contributed by atoms with Crippen LogP contribution >= 0.6 is 0 Å². The van der Waals surface area contributed by atoms with Crippen molar-refractivity contribution in [2.45, 2.75) is 19.9 Å². The zero-order chi connectivity index (χ0) is 7.40. The Hall–Kier alpha value is -0.0400. The largest absolute Gasteiger partial charge is 0.314 e.